The summed E-state index contributed by atoms with van der Waals surface area (Å²) in [4.78, 5) is 38.0. The molecule has 3 aromatic rings. The highest BCUT2D eigenvalue weighted by atomic mass is 32.2. The number of thioether (sulfide) groups is 1. The standard InChI is InChI=1S/C14H9N5O6S/c20-17(21)9-3-4-11-12(5-9)16-14(15-11)26-7-8-1-2-10(18(22)23)6-13(8)19(24)25/h1-6H,7H2,(H,15,16). The molecule has 12 heteroatoms. The molecular weight excluding hydrogens is 366 g/mol. The van der Waals surface area contributed by atoms with Crippen molar-refractivity contribution in [2.45, 2.75) is 10.9 Å². The van der Waals surface area contributed by atoms with Gasteiger partial charge in [-0.2, -0.15) is 0 Å². The number of aromatic nitrogens is 2. The van der Waals surface area contributed by atoms with Gasteiger partial charge in [-0.05, 0) is 12.1 Å². The topological polar surface area (TPSA) is 158 Å². The molecule has 1 N–H and O–H groups in total. The predicted octanol–water partition coefficient (Wildman–Crippen LogP) is 3.58. The Bertz CT molecular complexity index is 1050. The quantitative estimate of drug-likeness (QED) is 0.389. The molecule has 3 rings (SSSR count). The number of rotatable bonds is 6. The molecule has 26 heavy (non-hydrogen) atoms. The molecule has 0 spiro atoms. The summed E-state index contributed by atoms with van der Waals surface area (Å²) < 4.78 is 0. The Morgan fingerprint density at radius 3 is 2.23 bits per heavy atom. The summed E-state index contributed by atoms with van der Waals surface area (Å²) in [5, 5.41) is 33.1. The molecule has 0 fully saturated rings. The maximum absolute atomic E-state index is 11.1. The lowest BCUT2D eigenvalue weighted by Crippen LogP contribution is -1.97. The highest BCUT2D eigenvalue weighted by Gasteiger charge is 2.20. The highest BCUT2D eigenvalue weighted by molar-refractivity contribution is 7.98. The molecule has 0 atom stereocenters. The molecule has 11 nitrogen and oxygen atoms in total. The van der Waals surface area contributed by atoms with Gasteiger partial charge in [0.15, 0.2) is 5.16 Å². The van der Waals surface area contributed by atoms with E-state index in [1.54, 1.807) is 0 Å². The van der Waals surface area contributed by atoms with Crippen LogP contribution in [-0.4, -0.2) is 24.7 Å². The molecule has 132 valence electrons. The van der Waals surface area contributed by atoms with Crippen molar-refractivity contribution in [3.63, 3.8) is 0 Å². The van der Waals surface area contributed by atoms with Gasteiger partial charge in [0.2, 0.25) is 0 Å². The summed E-state index contributed by atoms with van der Waals surface area (Å²) in [6.07, 6.45) is 0. The fourth-order valence-electron chi connectivity index (χ4n) is 2.26. The second-order valence-electron chi connectivity index (χ2n) is 5.12. The van der Waals surface area contributed by atoms with Crippen LogP contribution in [0.3, 0.4) is 0 Å². The van der Waals surface area contributed by atoms with Gasteiger partial charge >= 0.3 is 0 Å². The molecule has 0 aliphatic heterocycles. The van der Waals surface area contributed by atoms with E-state index in [0.717, 1.165) is 17.8 Å². The summed E-state index contributed by atoms with van der Waals surface area (Å²) in [5.74, 6) is 0.149. The molecule has 0 saturated heterocycles. The molecule has 0 amide bonds. The fraction of sp³-hybridized carbons (Fsp3) is 0.0714. The molecule has 0 bridgehead atoms. The van der Waals surface area contributed by atoms with Gasteiger partial charge in [0.25, 0.3) is 17.1 Å². The first kappa shape index (κ1) is 17.3. The van der Waals surface area contributed by atoms with Gasteiger partial charge in [-0.15, -0.1) is 0 Å². The Balaban J connectivity index is 1.84. The van der Waals surface area contributed by atoms with Gasteiger partial charge in [-0.25, -0.2) is 4.98 Å². The number of non-ortho nitro benzene ring substituents is 2. The predicted molar refractivity (Wildman–Crippen MR) is 92.1 cm³/mol. The number of aromatic amines is 1. The van der Waals surface area contributed by atoms with Crippen LogP contribution in [0, 0.1) is 30.3 Å². The van der Waals surface area contributed by atoms with E-state index in [1.807, 2.05) is 0 Å². The summed E-state index contributed by atoms with van der Waals surface area (Å²) in [5.41, 5.74) is 0.511. The van der Waals surface area contributed by atoms with Crippen molar-refractivity contribution in [2.75, 3.05) is 0 Å². The van der Waals surface area contributed by atoms with Crippen LogP contribution in [0.2, 0.25) is 0 Å². The van der Waals surface area contributed by atoms with Crippen LogP contribution >= 0.6 is 11.8 Å². The van der Waals surface area contributed by atoms with Gasteiger partial charge in [0, 0.05) is 29.5 Å². The SMILES string of the molecule is O=[N+]([O-])c1ccc(CSc2nc3ccc([N+](=O)[O-])cc3[nH]2)c([N+](=O)[O-])c1. The minimum Gasteiger partial charge on any atom is -0.333 e. The average Bonchev–Trinajstić information content (AvgIpc) is 3.01. The van der Waals surface area contributed by atoms with Crippen molar-refractivity contribution in [1.82, 2.24) is 9.97 Å². The third kappa shape index (κ3) is 3.44. The number of nitrogens with zero attached hydrogens (tertiary/aromatic N) is 4. The lowest BCUT2D eigenvalue weighted by Gasteiger charge is -2.01. The van der Waals surface area contributed by atoms with Crippen LogP contribution in [-0.2, 0) is 5.75 Å². The number of hydrogen-bond donors (Lipinski definition) is 1. The zero-order chi connectivity index (χ0) is 18.8. The van der Waals surface area contributed by atoms with Crippen molar-refractivity contribution in [3.8, 4) is 0 Å². The van der Waals surface area contributed by atoms with Crippen LogP contribution in [0.25, 0.3) is 11.0 Å². The number of fused-ring (bicyclic) bond motifs is 1. The van der Waals surface area contributed by atoms with Gasteiger partial charge in [0.05, 0.1) is 31.9 Å². The van der Waals surface area contributed by atoms with E-state index in [0.29, 0.717) is 21.8 Å². The van der Waals surface area contributed by atoms with E-state index < -0.39 is 14.8 Å². The molecule has 1 heterocycles. The maximum Gasteiger partial charge on any atom is 0.280 e. The highest BCUT2D eigenvalue weighted by Crippen LogP contribution is 2.31. The van der Waals surface area contributed by atoms with Crippen LogP contribution in [0.5, 0.6) is 0 Å². The Labute approximate surface area is 148 Å². The van der Waals surface area contributed by atoms with E-state index in [1.165, 1.54) is 30.3 Å². The summed E-state index contributed by atoms with van der Waals surface area (Å²) in [7, 11) is 0. The summed E-state index contributed by atoms with van der Waals surface area (Å²) >= 11 is 1.15. The first-order valence-electron chi connectivity index (χ1n) is 7.04. The summed E-state index contributed by atoms with van der Waals surface area (Å²) in [6, 6.07) is 7.63. The van der Waals surface area contributed by atoms with Gasteiger partial charge < -0.3 is 4.98 Å². The van der Waals surface area contributed by atoms with Crippen molar-refractivity contribution >= 4 is 39.9 Å². The van der Waals surface area contributed by atoms with Crippen LogP contribution in [0.1, 0.15) is 5.56 Å². The van der Waals surface area contributed by atoms with E-state index in [-0.39, 0.29) is 22.8 Å². The van der Waals surface area contributed by atoms with Crippen LogP contribution in [0.4, 0.5) is 17.1 Å². The molecular formula is C14H9N5O6S. The van der Waals surface area contributed by atoms with Crippen LogP contribution in [0.15, 0.2) is 41.6 Å². The minimum atomic E-state index is -0.698. The average molecular weight is 375 g/mol. The van der Waals surface area contributed by atoms with Gasteiger partial charge in [-0.3, -0.25) is 30.3 Å². The third-order valence-electron chi connectivity index (χ3n) is 3.50. The van der Waals surface area contributed by atoms with Crippen molar-refractivity contribution in [3.05, 3.63) is 72.3 Å². The normalized spacial score (nSPS) is 10.8. The first-order valence-corrected chi connectivity index (χ1v) is 8.02. The molecule has 0 saturated carbocycles. The smallest absolute Gasteiger partial charge is 0.280 e. The number of nitrogens with one attached hydrogen (secondary N) is 1. The Morgan fingerprint density at radius 2 is 1.58 bits per heavy atom. The zero-order valence-corrected chi connectivity index (χ0v) is 13.6. The Hall–Kier alpha value is -3.54. The number of imidazole rings is 1. The van der Waals surface area contributed by atoms with E-state index >= 15 is 0 Å². The van der Waals surface area contributed by atoms with E-state index in [4.69, 9.17) is 0 Å². The molecule has 0 aliphatic rings. The van der Waals surface area contributed by atoms with E-state index in [2.05, 4.69) is 9.97 Å². The first-order chi connectivity index (χ1) is 12.3. The Morgan fingerprint density at radius 1 is 0.923 bits per heavy atom. The van der Waals surface area contributed by atoms with E-state index in [9.17, 15) is 30.3 Å². The lowest BCUT2D eigenvalue weighted by atomic mass is 10.2. The number of nitro groups is 3. The monoisotopic (exact) mass is 375 g/mol. The number of benzene rings is 2. The summed E-state index contributed by atoms with van der Waals surface area (Å²) in [6.45, 7) is 0. The van der Waals surface area contributed by atoms with Crippen molar-refractivity contribution in [2.24, 2.45) is 0 Å². The molecule has 0 aliphatic carbocycles. The second kappa shape index (κ2) is 6.76. The molecule has 2 aromatic carbocycles. The largest absolute Gasteiger partial charge is 0.333 e. The number of nitro benzene ring substituents is 3. The van der Waals surface area contributed by atoms with Gasteiger partial charge in [-0.1, -0.05) is 11.8 Å². The minimum absolute atomic E-state index is 0.0799. The molecule has 0 radical (unpaired) electrons. The Kier molecular flexibility index (Phi) is 4.49. The van der Waals surface area contributed by atoms with Crippen LogP contribution < -0.4 is 0 Å². The number of hydrogen-bond acceptors (Lipinski definition) is 8. The third-order valence-corrected chi connectivity index (χ3v) is 4.42. The van der Waals surface area contributed by atoms with Crippen molar-refractivity contribution in [1.29, 1.82) is 0 Å². The number of H-pyrrole nitrogens is 1. The zero-order valence-electron chi connectivity index (χ0n) is 12.8. The fourth-order valence-corrected chi connectivity index (χ4v) is 3.14. The lowest BCUT2D eigenvalue weighted by molar-refractivity contribution is -0.394. The molecule has 1 aromatic heterocycles. The van der Waals surface area contributed by atoms with Gasteiger partial charge in [0.1, 0.15) is 0 Å². The van der Waals surface area contributed by atoms with Crippen molar-refractivity contribution < 1.29 is 14.8 Å². The maximum atomic E-state index is 11.1. The molecule has 0 unspecified atom stereocenters. The second-order valence-corrected chi connectivity index (χ2v) is 6.08.